The summed E-state index contributed by atoms with van der Waals surface area (Å²) < 4.78 is 32.2. The second kappa shape index (κ2) is 13.3. The Morgan fingerprint density at radius 3 is 1.62 bits per heavy atom. The number of aliphatic hydroxyl groups is 2. The van der Waals surface area contributed by atoms with Gasteiger partial charge < -0.3 is 36.2 Å². The van der Waals surface area contributed by atoms with Crippen molar-refractivity contribution in [2.45, 2.75) is 114 Å². The molecule has 8 N–H and O–H groups in total. The molecule has 3 fully saturated rings. The van der Waals surface area contributed by atoms with E-state index in [2.05, 4.69) is 9.26 Å². The number of alkyl halides is 1. The number of phosphoric ester groups is 1. The summed E-state index contributed by atoms with van der Waals surface area (Å²) in [6, 6.07) is 1.07. The lowest BCUT2D eigenvalue weighted by molar-refractivity contribution is -0.254. The van der Waals surface area contributed by atoms with Crippen LogP contribution < -0.4 is 11.5 Å². The molecule has 9 nitrogen and oxygen atoms in total. The molecule has 3 rings (SSSR count). The van der Waals surface area contributed by atoms with Gasteiger partial charge in [-0.25, -0.2) is 8.96 Å². The predicted molar refractivity (Wildman–Crippen MR) is 106 cm³/mol. The Morgan fingerprint density at radius 1 is 0.897 bits per heavy atom. The summed E-state index contributed by atoms with van der Waals surface area (Å²) in [6.45, 7) is 1.32. The number of phosphoric acid groups is 1. The molecule has 1 aliphatic heterocycles. The first-order valence-electron chi connectivity index (χ1n) is 10.4. The molecule has 1 heterocycles. The van der Waals surface area contributed by atoms with Crippen molar-refractivity contribution in [1.29, 1.82) is 0 Å². The lowest BCUT2D eigenvalue weighted by Crippen LogP contribution is -2.55. The van der Waals surface area contributed by atoms with E-state index in [1.807, 2.05) is 0 Å². The van der Waals surface area contributed by atoms with E-state index in [0.29, 0.717) is 12.1 Å². The highest BCUT2D eigenvalue weighted by Crippen LogP contribution is 2.41. The van der Waals surface area contributed by atoms with E-state index in [9.17, 15) is 8.96 Å². The molecule has 0 aromatic carbocycles. The number of aliphatic hydroxyl groups excluding tert-OH is 2. The van der Waals surface area contributed by atoms with Crippen molar-refractivity contribution in [3.8, 4) is 0 Å². The van der Waals surface area contributed by atoms with E-state index in [4.69, 9.17) is 31.5 Å². The number of halogens is 1. The molecule has 0 aromatic rings. The molecule has 0 aromatic heterocycles. The van der Waals surface area contributed by atoms with E-state index in [-0.39, 0.29) is 0 Å². The quantitative estimate of drug-likeness (QED) is 0.345. The van der Waals surface area contributed by atoms with Crippen LogP contribution in [0.2, 0.25) is 0 Å². The minimum absolute atomic E-state index is 0.536. The van der Waals surface area contributed by atoms with Crippen molar-refractivity contribution in [3.05, 3.63) is 0 Å². The summed E-state index contributed by atoms with van der Waals surface area (Å²) in [5, 5.41) is 18.3. The van der Waals surface area contributed by atoms with Crippen molar-refractivity contribution in [2.75, 3.05) is 0 Å². The van der Waals surface area contributed by atoms with Gasteiger partial charge in [0.15, 0.2) is 6.17 Å². The third-order valence-corrected chi connectivity index (χ3v) is 5.79. The van der Waals surface area contributed by atoms with Crippen LogP contribution in [0.15, 0.2) is 0 Å². The fourth-order valence-electron chi connectivity index (χ4n) is 3.48. The topological polar surface area (TPSA) is 168 Å². The molecule has 0 radical (unpaired) electrons. The van der Waals surface area contributed by atoms with E-state index in [1.165, 1.54) is 71.1 Å². The highest BCUT2D eigenvalue weighted by molar-refractivity contribution is 7.46. The van der Waals surface area contributed by atoms with E-state index >= 15 is 0 Å². The Hall–Kier alpha value is -0.160. The lowest BCUT2D eigenvalue weighted by atomic mass is 9.97. The summed E-state index contributed by atoms with van der Waals surface area (Å²) in [5.74, 6) is 0. The van der Waals surface area contributed by atoms with Gasteiger partial charge in [-0.1, -0.05) is 38.5 Å². The Bertz CT molecular complexity index is 471. The van der Waals surface area contributed by atoms with E-state index in [0.717, 1.165) is 0 Å². The number of hydrogen-bond acceptors (Lipinski definition) is 7. The van der Waals surface area contributed by atoms with Crippen molar-refractivity contribution in [1.82, 2.24) is 0 Å². The fourth-order valence-corrected chi connectivity index (χ4v) is 3.92. The monoisotopic (exact) mass is 444 g/mol. The number of hydrogen-bond donors (Lipinski definition) is 6. The van der Waals surface area contributed by atoms with Crippen molar-refractivity contribution < 1.29 is 38.2 Å². The zero-order chi connectivity index (χ0) is 22.0. The first-order valence-corrected chi connectivity index (χ1v) is 11.9. The molecule has 1 saturated heterocycles. The van der Waals surface area contributed by atoms with Gasteiger partial charge in [0.05, 0.1) is 6.10 Å². The molecular formula is C18H38FN2O7P. The van der Waals surface area contributed by atoms with Gasteiger partial charge in [-0.05, 0) is 32.6 Å². The molecule has 5 atom stereocenters. The van der Waals surface area contributed by atoms with Crippen LogP contribution in [0.25, 0.3) is 0 Å². The molecule has 0 bridgehead atoms. The third-order valence-electron chi connectivity index (χ3n) is 5.31. The van der Waals surface area contributed by atoms with Crippen LogP contribution in [0, 0.1) is 0 Å². The van der Waals surface area contributed by atoms with Gasteiger partial charge in [-0.2, -0.15) is 0 Å². The van der Waals surface area contributed by atoms with Crippen LogP contribution in [-0.4, -0.2) is 62.9 Å². The smallest absolute Gasteiger partial charge is 0.388 e. The highest BCUT2D eigenvalue weighted by Gasteiger charge is 2.46. The zero-order valence-electron chi connectivity index (χ0n) is 17.1. The predicted octanol–water partition coefficient (Wildman–Crippen LogP) is 1.46. The van der Waals surface area contributed by atoms with E-state index in [1.54, 1.807) is 0 Å². The van der Waals surface area contributed by atoms with Crippen molar-refractivity contribution in [2.24, 2.45) is 11.5 Å². The van der Waals surface area contributed by atoms with Gasteiger partial charge in [-0.15, -0.1) is 0 Å². The third kappa shape index (κ3) is 11.1. The maximum absolute atomic E-state index is 13.2. The standard InChI is InChI=1S/C6H12FO7P.2C6H13N/c1-2-4(8)5(9)3(7)6(13-2)14-15(10,11)12;2*7-6-4-2-1-3-5-6/h2-6,8-9H,1H3,(H2,10,11,12);2*6H,1-5,7H2/t2-,3-,4+,5-,6-;;/m0../s1. The Kier molecular flexibility index (Phi) is 12.3. The summed E-state index contributed by atoms with van der Waals surface area (Å²) in [4.78, 5) is 16.8. The largest absolute Gasteiger partial charge is 0.472 e. The second-order valence-electron chi connectivity index (χ2n) is 8.03. The number of nitrogens with two attached hydrogens (primary N) is 2. The minimum Gasteiger partial charge on any atom is -0.388 e. The summed E-state index contributed by atoms with van der Waals surface area (Å²) >= 11 is 0. The first kappa shape index (κ1) is 26.9. The van der Waals surface area contributed by atoms with Crippen LogP contribution in [0.1, 0.15) is 71.1 Å². The van der Waals surface area contributed by atoms with Crippen LogP contribution >= 0.6 is 7.82 Å². The second-order valence-corrected chi connectivity index (χ2v) is 9.22. The molecule has 2 saturated carbocycles. The van der Waals surface area contributed by atoms with Crippen LogP contribution in [0.4, 0.5) is 4.39 Å². The SMILES string of the molecule is C[C@@H]1O[C@@H](OP(=O)(O)O)[C@@H](F)[C@H](O)[C@@H]1O.NC1CCCCC1.NC1CCCCC1. The van der Waals surface area contributed by atoms with Crippen molar-refractivity contribution in [3.63, 3.8) is 0 Å². The molecule has 3 aliphatic rings. The summed E-state index contributed by atoms with van der Waals surface area (Å²) in [6.07, 6.45) is 4.97. The summed E-state index contributed by atoms with van der Waals surface area (Å²) in [7, 11) is -4.90. The number of rotatable bonds is 2. The van der Waals surface area contributed by atoms with Gasteiger partial charge >= 0.3 is 7.82 Å². The molecule has 11 heteroatoms. The van der Waals surface area contributed by atoms with Crippen LogP contribution in [-0.2, 0) is 13.8 Å². The van der Waals surface area contributed by atoms with Gasteiger partial charge in [0.25, 0.3) is 0 Å². The van der Waals surface area contributed by atoms with E-state index < -0.39 is 38.6 Å². The van der Waals surface area contributed by atoms with Gasteiger partial charge in [0.2, 0.25) is 6.29 Å². The van der Waals surface area contributed by atoms with Crippen LogP contribution in [0.3, 0.4) is 0 Å². The zero-order valence-corrected chi connectivity index (χ0v) is 18.0. The first-order chi connectivity index (χ1) is 13.5. The van der Waals surface area contributed by atoms with Crippen LogP contribution in [0.5, 0.6) is 0 Å². The molecule has 29 heavy (non-hydrogen) atoms. The van der Waals surface area contributed by atoms with Gasteiger partial charge in [0, 0.05) is 12.1 Å². The lowest BCUT2D eigenvalue weighted by Gasteiger charge is -2.37. The average molecular weight is 444 g/mol. The molecule has 0 spiro atoms. The molecule has 0 amide bonds. The normalized spacial score (nSPS) is 34.4. The maximum Gasteiger partial charge on any atom is 0.472 e. The molecule has 0 unspecified atom stereocenters. The maximum atomic E-state index is 13.2. The highest BCUT2D eigenvalue weighted by atomic mass is 31.2. The molecule has 174 valence electrons. The average Bonchev–Trinajstić information content (AvgIpc) is 2.66. The molecular weight excluding hydrogens is 406 g/mol. The minimum atomic E-state index is -4.90. The van der Waals surface area contributed by atoms with Gasteiger partial charge in [0.1, 0.15) is 12.2 Å². The molecule has 2 aliphatic carbocycles. The van der Waals surface area contributed by atoms with Gasteiger partial charge in [-0.3, -0.25) is 4.52 Å². The Labute approximate surface area is 172 Å². The number of ether oxygens (including phenoxy) is 1. The fraction of sp³-hybridized carbons (Fsp3) is 1.00. The Balaban J connectivity index is 0.000000248. The summed E-state index contributed by atoms with van der Waals surface area (Å²) in [5.41, 5.74) is 11.3. The van der Waals surface area contributed by atoms with Crippen molar-refractivity contribution >= 4 is 7.82 Å². The Morgan fingerprint density at radius 2 is 1.31 bits per heavy atom.